The number of nitrogens with one attached hydrogen (secondary N) is 2. The maximum atomic E-state index is 14.4. The van der Waals surface area contributed by atoms with E-state index in [2.05, 4.69) is 10.3 Å². The van der Waals surface area contributed by atoms with E-state index in [4.69, 9.17) is 4.74 Å². The monoisotopic (exact) mass is 402 g/mol. The van der Waals surface area contributed by atoms with Crippen LogP contribution in [0, 0.1) is 17.5 Å². The van der Waals surface area contributed by atoms with Gasteiger partial charge in [-0.25, -0.2) is 13.2 Å². The highest BCUT2D eigenvalue weighted by Crippen LogP contribution is 2.45. The van der Waals surface area contributed by atoms with E-state index >= 15 is 0 Å². The second-order valence-electron chi connectivity index (χ2n) is 7.41. The minimum atomic E-state index is -0.668. The summed E-state index contributed by atoms with van der Waals surface area (Å²) in [5.74, 6) is -1.74. The zero-order valence-corrected chi connectivity index (χ0v) is 15.9. The first-order valence-electron chi connectivity index (χ1n) is 9.51. The molecule has 0 bridgehead atoms. The van der Waals surface area contributed by atoms with Crippen LogP contribution in [0.2, 0.25) is 0 Å². The Morgan fingerprint density at radius 3 is 2.55 bits per heavy atom. The van der Waals surface area contributed by atoms with E-state index in [1.807, 2.05) is 0 Å². The predicted octanol–water partition coefficient (Wildman–Crippen LogP) is 4.65. The van der Waals surface area contributed by atoms with Crippen LogP contribution in [0.3, 0.4) is 0 Å². The zero-order chi connectivity index (χ0) is 20.5. The smallest absolute Gasteiger partial charge is 0.222 e. The van der Waals surface area contributed by atoms with Crippen LogP contribution >= 0.6 is 0 Å². The van der Waals surface area contributed by atoms with Gasteiger partial charge in [0, 0.05) is 31.0 Å². The molecule has 2 N–H and O–H groups in total. The van der Waals surface area contributed by atoms with Gasteiger partial charge in [-0.1, -0.05) is 0 Å². The van der Waals surface area contributed by atoms with Gasteiger partial charge in [0.2, 0.25) is 5.91 Å². The average molecular weight is 402 g/mol. The van der Waals surface area contributed by atoms with Gasteiger partial charge in [0.1, 0.15) is 17.5 Å². The van der Waals surface area contributed by atoms with E-state index in [0.29, 0.717) is 42.5 Å². The van der Waals surface area contributed by atoms with Gasteiger partial charge in [-0.15, -0.1) is 0 Å². The number of rotatable bonds is 6. The largest absolute Gasteiger partial charge is 0.384 e. The summed E-state index contributed by atoms with van der Waals surface area (Å²) >= 11 is 0. The third-order valence-corrected chi connectivity index (χ3v) is 5.44. The molecule has 1 saturated carbocycles. The third-order valence-electron chi connectivity index (χ3n) is 5.44. The molecule has 1 aliphatic rings. The van der Waals surface area contributed by atoms with Crippen molar-refractivity contribution in [2.45, 2.75) is 31.2 Å². The second-order valence-corrected chi connectivity index (χ2v) is 7.41. The fraction of sp³-hybridized carbons (Fsp3) is 0.318. The summed E-state index contributed by atoms with van der Waals surface area (Å²) in [6.07, 6.45) is 1.62. The van der Waals surface area contributed by atoms with Crippen LogP contribution in [0.4, 0.5) is 13.2 Å². The summed E-state index contributed by atoms with van der Waals surface area (Å²) in [5.41, 5.74) is 2.38. The van der Waals surface area contributed by atoms with Crippen molar-refractivity contribution in [1.29, 1.82) is 0 Å². The molecule has 3 aromatic rings. The molecule has 0 spiro atoms. The molecule has 2 aromatic carbocycles. The lowest BCUT2D eigenvalue weighted by molar-refractivity contribution is -0.123. The predicted molar refractivity (Wildman–Crippen MR) is 104 cm³/mol. The lowest BCUT2D eigenvalue weighted by Gasteiger charge is -2.36. The molecule has 0 unspecified atom stereocenters. The normalized spacial score (nSPS) is 18.6. The molecular formula is C22H21F3N2O2. The summed E-state index contributed by atoms with van der Waals surface area (Å²) in [6, 6.07) is 8.07. The van der Waals surface area contributed by atoms with Crippen molar-refractivity contribution < 1.29 is 22.7 Å². The van der Waals surface area contributed by atoms with Crippen LogP contribution in [0.1, 0.15) is 30.7 Å². The number of hydrogen-bond donors (Lipinski definition) is 2. The van der Waals surface area contributed by atoms with E-state index in [1.54, 1.807) is 19.2 Å². The lowest BCUT2D eigenvalue weighted by Crippen LogP contribution is -2.43. The molecule has 1 amide bonds. The molecule has 0 radical (unpaired) electrons. The highest BCUT2D eigenvalue weighted by atomic mass is 19.1. The number of carbonyl (C=O) groups is 1. The molecule has 4 rings (SSSR count). The summed E-state index contributed by atoms with van der Waals surface area (Å²) in [4.78, 5) is 14.9. The number of fused-ring (bicyclic) bond motifs is 1. The number of hydrogen-bond acceptors (Lipinski definition) is 2. The minimum absolute atomic E-state index is 0.00813. The number of carbonyl (C=O) groups excluding carboxylic acids is 1. The van der Waals surface area contributed by atoms with Crippen molar-refractivity contribution in [2.24, 2.45) is 0 Å². The number of ether oxygens (including phenoxy) is 1. The maximum absolute atomic E-state index is 14.4. The van der Waals surface area contributed by atoms with Gasteiger partial charge >= 0.3 is 0 Å². The summed E-state index contributed by atoms with van der Waals surface area (Å²) in [5, 5.41) is 3.44. The molecule has 1 heterocycles. The van der Waals surface area contributed by atoms with Gasteiger partial charge in [0.15, 0.2) is 0 Å². The Morgan fingerprint density at radius 1 is 1.14 bits per heavy atom. The van der Waals surface area contributed by atoms with Crippen molar-refractivity contribution in [2.75, 3.05) is 13.7 Å². The van der Waals surface area contributed by atoms with Crippen LogP contribution in [-0.4, -0.2) is 30.6 Å². The highest BCUT2D eigenvalue weighted by molar-refractivity contribution is 5.92. The Kier molecular flexibility index (Phi) is 5.32. The third kappa shape index (κ3) is 3.87. The molecule has 1 aliphatic carbocycles. The highest BCUT2D eigenvalue weighted by Gasteiger charge is 2.35. The van der Waals surface area contributed by atoms with E-state index in [0.717, 1.165) is 11.6 Å². The van der Waals surface area contributed by atoms with Crippen molar-refractivity contribution in [1.82, 2.24) is 10.3 Å². The minimum Gasteiger partial charge on any atom is -0.384 e. The summed E-state index contributed by atoms with van der Waals surface area (Å²) < 4.78 is 46.6. The van der Waals surface area contributed by atoms with Crippen molar-refractivity contribution >= 4 is 16.8 Å². The number of aromatic amines is 1. The fourth-order valence-electron chi connectivity index (χ4n) is 3.97. The first-order valence-corrected chi connectivity index (χ1v) is 9.51. The van der Waals surface area contributed by atoms with E-state index in [9.17, 15) is 18.0 Å². The van der Waals surface area contributed by atoms with E-state index in [1.165, 1.54) is 18.2 Å². The number of H-pyrrole nitrogens is 1. The average Bonchev–Trinajstić information content (AvgIpc) is 3.02. The summed E-state index contributed by atoms with van der Waals surface area (Å²) in [7, 11) is 1.54. The molecule has 29 heavy (non-hydrogen) atoms. The van der Waals surface area contributed by atoms with E-state index < -0.39 is 11.6 Å². The first-order chi connectivity index (χ1) is 14.0. The molecule has 1 aromatic heterocycles. The van der Waals surface area contributed by atoms with Gasteiger partial charge in [-0.2, -0.15) is 0 Å². The van der Waals surface area contributed by atoms with Crippen LogP contribution in [0.25, 0.3) is 22.2 Å². The Hall–Kier alpha value is -2.80. The Bertz CT molecular complexity index is 1040. The standard InChI is InChI=1S/C22H21F3N2O2/c1-29-7-6-19(28)26-16-8-13(9-16)20-17-10-15(24)11-18(25)22(17)27-21(20)12-2-4-14(23)5-3-12/h2-5,10-11,13,16,27H,6-9H2,1H3,(H,26,28)/t13-,16+. The van der Waals surface area contributed by atoms with Crippen LogP contribution < -0.4 is 5.32 Å². The zero-order valence-electron chi connectivity index (χ0n) is 15.9. The lowest BCUT2D eigenvalue weighted by atomic mass is 9.74. The number of amides is 1. The van der Waals surface area contributed by atoms with Gasteiger partial charge in [-0.3, -0.25) is 4.79 Å². The van der Waals surface area contributed by atoms with Crippen LogP contribution in [0.15, 0.2) is 36.4 Å². The van der Waals surface area contributed by atoms with Gasteiger partial charge in [-0.05, 0) is 60.2 Å². The first kappa shape index (κ1) is 19.5. The molecule has 0 aliphatic heterocycles. The number of aromatic nitrogens is 1. The molecular weight excluding hydrogens is 381 g/mol. The number of methoxy groups -OCH3 is 1. The SMILES string of the molecule is COCCC(=O)N[C@H]1C[C@@H](c2c(-c3ccc(F)cc3)[nH]c3c(F)cc(F)cc32)C1. The Labute approximate surface area is 166 Å². The van der Waals surface area contributed by atoms with Crippen LogP contribution in [0.5, 0.6) is 0 Å². The molecule has 0 saturated heterocycles. The topological polar surface area (TPSA) is 54.1 Å². The molecule has 0 atom stereocenters. The molecule has 152 valence electrons. The van der Waals surface area contributed by atoms with Crippen LogP contribution in [-0.2, 0) is 9.53 Å². The molecule has 7 heteroatoms. The fourth-order valence-corrected chi connectivity index (χ4v) is 3.97. The second kappa shape index (κ2) is 7.91. The maximum Gasteiger partial charge on any atom is 0.222 e. The number of benzene rings is 2. The van der Waals surface area contributed by atoms with Crippen molar-refractivity contribution in [3.63, 3.8) is 0 Å². The molecule has 4 nitrogen and oxygen atoms in total. The number of halogens is 3. The van der Waals surface area contributed by atoms with Crippen molar-refractivity contribution in [3.8, 4) is 11.3 Å². The van der Waals surface area contributed by atoms with Gasteiger partial charge in [0.05, 0.1) is 17.8 Å². The summed E-state index contributed by atoms with van der Waals surface area (Å²) in [6.45, 7) is 0.359. The van der Waals surface area contributed by atoms with Gasteiger partial charge < -0.3 is 15.0 Å². The molecule has 1 fully saturated rings. The van der Waals surface area contributed by atoms with Crippen molar-refractivity contribution in [3.05, 3.63) is 59.4 Å². The quantitative estimate of drug-likeness (QED) is 0.631. The van der Waals surface area contributed by atoms with Gasteiger partial charge in [0.25, 0.3) is 0 Å². The Morgan fingerprint density at radius 2 is 1.86 bits per heavy atom. The van der Waals surface area contributed by atoms with E-state index in [-0.39, 0.29) is 29.2 Å². The Balaban J connectivity index is 1.65.